The van der Waals surface area contributed by atoms with Crippen LogP contribution in [0.15, 0.2) is 48.5 Å². The van der Waals surface area contributed by atoms with Gasteiger partial charge in [0, 0.05) is 27.6 Å². The molecule has 214 valence electrons. The number of aliphatic hydroxyl groups is 2. The molecule has 41 heavy (non-hydrogen) atoms. The maximum atomic E-state index is 15.6. The van der Waals surface area contributed by atoms with Crippen LogP contribution < -0.4 is 10.1 Å². The smallest absolute Gasteiger partial charge is 0.251 e. The number of hydrogen-bond acceptors (Lipinski definition) is 6. The Balaban J connectivity index is 1.52. The zero-order chi connectivity index (χ0) is 29.7. The largest absolute Gasteiger partial charge is 0.494 e. The topological polar surface area (TPSA) is 105 Å². The van der Waals surface area contributed by atoms with Crippen molar-refractivity contribution in [2.45, 2.75) is 44.8 Å². The Bertz CT molecular complexity index is 1650. The maximum absolute atomic E-state index is 15.6. The molecule has 0 saturated heterocycles. The van der Waals surface area contributed by atoms with Crippen LogP contribution in [0.3, 0.4) is 0 Å². The Kier molecular flexibility index (Phi) is 7.25. The summed E-state index contributed by atoms with van der Waals surface area (Å²) in [6.07, 6.45) is 1.30. The molecule has 0 unspecified atom stereocenters. The lowest BCUT2D eigenvalue weighted by molar-refractivity contribution is 0.00864. The summed E-state index contributed by atoms with van der Waals surface area (Å²) in [5.41, 5.74) is -2.45. The molecule has 1 fully saturated rings. The van der Waals surface area contributed by atoms with E-state index in [-0.39, 0.29) is 51.8 Å². The molecule has 0 radical (unpaired) electrons. The van der Waals surface area contributed by atoms with E-state index in [9.17, 15) is 23.8 Å². The van der Waals surface area contributed by atoms with Gasteiger partial charge in [-0.15, -0.1) is 0 Å². The van der Waals surface area contributed by atoms with Crippen molar-refractivity contribution in [3.8, 4) is 17.0 Å². The van der Waals surface area contributed by atoms with Crippen LogP contribution >= 0.6 is 0 Å². The minimum Gasteiger partial charge on any atom is -0.494 e. The summed E-state index contributed by atoms with van der Waals surface area (Å²) in [6, 6.07) is 10.9. The van der Waals surface area contributed by atoms with Gasteiger partial charge in [-0.2, -0.15) is 4.39 Å². The van der Waals surface area contributed by atoms with E-state index in [1.54, 1.807) is 19.1 Å². The molecule has 1 atom stereocenters. The van der Waals surface area contributed by atoms with Crippen LogP contribution in [-0.2, 0) is 11.2 Å². The lowest BCUT2D eigenvalue weighted by Gasteiger charge is -2.31. The number of methoxy groups -OCH3 is 1. The fourth-order valence-electron chi connectivity index (χ4n) is 4.94. The Morgan fingerprint density at radius 3 is 2.34 bits per heavy atom. The first-order chi connectivity index (χ1) is 19.3. The Morgan fingerprint density at radius 1 is 1.05 bits per heavy atom. The highest BCUT2D eigenvalue weighted by molar-refractivity contribution is 6.00. The number of nitrogens with one attached hydrogen (secondary N) is 1. The van der Waals surface area contributed by atoms with Gasteiger partial charge in [-0.05, 0) is 88.1 Å². The zero-order valence-corrected chi connectivity index (χ0v) is 23.1. The molecule has 1 aliphatic rings. The Hall–Kier alpha value is -4.02. The molecule has 7 nitrogen and oxygen atoms in total. The number of hydrogen-bond donors (Lipinski definition) is 3. The molecular formula is C31H30F3N3O4. The summed E-state index contributed by atoms with van der Waals surface area (Å²) in [6.45, 7) is 4.13. The van der Waals surface area contributed by atoms with Crippen molar-refractivity contribution in [1.82, 2.24) is 15.3 Å². The summed E-state index contributed by atoms with van der Waals surface area (Å²) >= 11 is 0. The summed E-state index contributed by atoms with van der Waals surface area (Å²) in [5.74, 6) is -2.54. The third-order valence-corrected chi connectivity index (χ3v) is 7.44. The predicted molar refractivity (Wildman–Crippen MR) is 147 cm³/mol. The van der Waals surface area contributed by atoms with Crippen molar-refractivity contribution in [2.24, 2.45) is 5.92 Å². The molecule has 0 aliphatic heterocycles. The molecule has 2 aromatic heterocycles. The van der Waals surface area contributed by atoms with Crippen molar-refractivity contribution >= 4 is 16.8 Å². The predicted octanol–water partition coefficient (Wildman–Crippen LogP) is 5.29. The molecular weight excluding hydrogens is 535 g/mol. The highest BCUT2D eigenvalue weighted by Crippen LogP contribution is 2.46. The summed E-state index contributed by atoms with van der Waals surface area (Å²) in [4.78, 5) is 21.7. The number of aryl methyl sites for hydroxylation is 1. The number of ether oxygens (including phenoxy) is 1. The summed E-state index contributed by atoms with van der Waals surface area (Å²) < 4.78 is 48.6. The van der Waals surface area contributed by atoms with Crippen LogP contribution in [0.25, 0.3) is 22.2 Å². The second-order valence-corrected chi connectivity index (χ2v) is 11.0. The fourth-order valence-corrected chi connectivity index (χ4v) is 4.94. The lowest BCUT2D eigenvalue weighted by Crippen LogP contribution is -2.43. The number of rotatable bonds is 8. The second kappa shape index (κ2) is 10.4. The SMILES string of the molecule is COc1cc(C(=O)NC[C@](O)(c2cc(C(C)(C)O)c(F)c(-c3ccc(F)cc3)n2)C2CC2)cc2cc(C)c(F)nc12. The van der Waals surface area contributed by atoms with Crippen LogP contribution in [0, 0.1) is 30.4 Å². The van der Waals surface area contributed by atoms with E-state index in [4.69, 9.17) is 4.74 Å². The van der Waals surface area contributed by atoms with Gasteiger partial charge in [0.1, 0.15) is 28.4 Å². The van der Waals surface area contributed by atoms with E-state index >= 15 is 4.39 Å². The molecule has 2 heterocycles. The van der Waals surface area contributed by atoms with Crippen LogP contribution in [0.2, 0.25) is 0 Å². The summed E-state index contributed by atoms with van der Waals surface area (Å²) in [7, 11) is 1.39. The Morgan fingerprint density at radius 2 is 1.73 bits per heavy atom. The molecule has 0 spiro atoms. The van der Waals surface area contributed by atoms with Crippen molar-refractivity contribution < 1.29 is 32.9 Å². The normalized spacial score (nSPS) is 15.0. The number of benzene rings is 2. The maximum Gasteiger partial charge on any atom is 0.251 e. The highest BCUT2D eigenvalue weighted by Gasteiger charge is 2.47. The molecule has 1 aliphatic carbocycles. The zero-order valence-electron chi connectivity index (χ0n) is 23.1. The number of halogens is 3. The second-order valence-electron chi connectivity index (χ2n) is 11.0. The van der Waals surface area contributed by atoms with E-state index < -0.39 is 34.7 Å². The number of nitrogens with zero attached hydrogens (tertiary/aromatic N) is 2. The third kappa shape index (κ3) is 5.49. The van der Waals surface area contributed by atoms with Gasteiger partial charge in [-0.3, -0.25) is 4.79 Å². The number of fused-ring (bicyclic) bond motifs is 1. The quantitative estimate of drug-likeness (QED) is 0.251. The van der Waals surface area contributed by atoms with Gasteiger partial charge < -0.3 is 20.3 Å². The minimum absolute atomic E-state index is 0.0737. The monoisotopic (exact) mass is 565 g/mol. The molecule has 1 saturated carbocycles. The van der Waals surface area contributed by atoms with Gasteiger partial charge in [0.25, 0.3) is 5.91 Å². The first-order valence-corrected chi connectivity index (χ1v) is 13.2. The van der Waals surface area contributed by atoms with Gasteiger partial charge in [0.2, 0.25) is 5.95 Å². The molecule has 0 bridgehead atoms. The van der Waals surface area contributed by atoms with E-state index in [1.165, 1.54) is 57.4 Å². The van der Waals surface area contributed by atoms with Gasteiger partial charge in [-0.1, -0.05) is 0 Å². The van der Waals surface area contributed by atoms with Crippen LogP contribution in [0.1, 0.15) is 53.9 Å². The average molecular weight is 566 g/mol. The molecule has 5 rings (SSSR count). The van der Waals surface area contributed by atoms with E-state index in [0.29, 0.717) is 23.8 Å². The van der Waals surface area contributed by atoms with E-state index in [2.05, 4.69) is 15.3 Å². The Labute approximate surface area is 235 Å². The third-order valence-electron chi connectivity index (χ3n) is 7.44. The van der Waals surface area contributed by atoms with Crippen LogP contribution in [-0.4, -0.2) is 39.7 Å². The lowest BCUT2D eigenvalue weighted by atomic mass is 9.87. The molecule has 3 N–H and O–H groups in total. The van der Waals surface area contributed by atoms with Crippen LogP contribution in [0.4, 0.5) is 13.2 Å². The molecule has 1 amide bonds. The number of carbonyl (C=O) groups excluding carboxylic acids is 1. The first-order valence-electron chi connectivity index (χ1n) is 13.2. The van der Waals surface area contributed by atoms with Crippen molar-refractivity contribution in [2.75, 3.05) is 13.7 Å². The van der Waals surface area contributed by atoms with Gasteiger partial charge >= 0.3 is 0 Å². The number of aromatic nitrogens is 2. The minimum atomic E-state index is -1.69. The standard InChI is InChI=1S/C31H30F3N3O4/c1-16-11-18-12-19(13-23(41-4)26(18)37-28(16)34)29(38)35-15-31(40,20-7-8-20)24-14-22(30(2,3)39)25(33)27(36-24)17-5-9-21(32)10-6-17/h5-6,9-14,20,39-40H,7-8,15H2,1-4H3,(H,35,38)/t31-/m1/s1. The van der Waals surface area contributed by atoms with Gasteiger partial charge in [0.05, 0.1) is 24.9 Å². The summed E-state index contributed by atoms with van der Waals surface area (Å²) in [5, 5.41) is 25.9. The van der Waals surface area contributed by atoms with Crippen molar-refractivity contribution in [3.05, 3.63) is 88.5 Å². The molecule has 2 aromatic carbocycles. The van der Waals surface area contributed by atoms with Gasteiger partial charge in [-0.25, -0.2) is 18.7 Å². The van der Waals surface area contributed by atoms with Crippen molar-refractivity contribution in [3.63, 3.8) is 0 Å². The van der Waals surface area contributed by atoms with Crippen molar-refractivity contribution in [1.29, 1.82) is 0 Å². The first kappa shape index (κ1) is 28.5. The fraction of sp³-hybridized carbons (Fsp3) is 0.323. The average Bonchev–Trinajstić information content (AvgIpc) is 3.78. The van der Waals surface area contributed by atoms with E-state index in [1.807, 2.05) is 0 Å². The number of carbonyl (C=O) groups is 1. The number of amides is 1. The van der Waals surface area contributed by atoms with E-state index in [0.717, 1.165) is 0 Å². The van der Waals surface area contributed by atoms with Crippen LogP contribution in [0.5, 0.6) is 5.75 Å². The number of pyridine rings is 2. The molecule has 10 heteroatoms. The van der Waals surface area contributed by atoms with Gasteiger partial charge in [0.15, 0.2) is 5.82 Å². The highest BCUT2D eigenvalue weighted by atomic mass is 19.1. The molecule has 4 aromatic rings.